The number of hydrogen-bond acceptors (Lipinski definition) is 5. The number of quaternary nitrogens is 1. The third kappa shape index (κ3) is 4.96. The largest absolute Gasteiger partial charge is 0.744 e. The quantitative estimate of drug-likeness (QED) is 0.473. The minimum atomic E-state index is -4.51. The van der Waals surface area contributed by atoms with Gasteiger partial charge in [-0.05, 0) is 24.6 Å². The second-order valence-corrected chi connectivity index (χ2v) is 4.45. The summed E-state index contributed by atoms with van der Waals surface area (Å²) in [6.07, 6.45) is 1.21. The van der Waals surface area contributed by atoms with Gasteiger partial charge >= 0.3 is 0 Å². The molecule has 16 heavy (non-hydrogen) atoms. The van der Waals surface area contributed by atoms with Crippen LogP contribution in [0.1, 0.15) is 13.3 Å². The fraction of sp³-hybridized carbons (Fsp3) is 0.333. The number of benzene rings is 1. The molecule has 0 aromatic heterocycles. The average molecular weight is 247 g/mol. The molecule has 92 valence electrons. The van der Waals surface area contributed by atoms with E-state index in [1.54, 1.807) is 0 Å². The van der Waals surface area contributed by atoms with E-state index >= 15 is 0 Å². The smallest absolute Gasteiger partial charge is 0.126 e. The maximum Gasteiger partial charge on any atom is 0.126 e. The lowest BCUT2D eigenvalue weighted by Gasteiger charge is -2.09. The van der Waals surface area contributed by atoms with Crippen LogP contribution in [0.2, 0.25) is 0 Å². The van der Waals surface area contributed by atoms with Crippen LogP contribution in [0.15, 0.2) is 23.1 Å². The maximum atomic E-state index is 10.5. The van der Waals surface area contributed by atoms with Gasteiger partial charge in [0.1, 0.15) is 10.1 Å². The van der Waals surface area contributed by atoms with Crippen molar-refractivity contribution in [3.05, 3.63) is 18.2 Å². The standard InChI is InChI=1S/C6H8N2O3S.C3H9N/c7-4-1-2-5(8)6(3-4)12(9,10)11;1-2-3-4/h1-3H,7-8H2,(H,9,10,11);2-4H2,1H3. The molecule has 1 rings (SSSR count). The molecule has 7 N–H and O–H groups in total. The molecular formula is C9H17N3O3S. The van der Waals surface area contributed by atoms with Crippen molar-refractivity contribution in [3.8, 4) is 0 Å². The monoisotopic (exact) mass is 247 g/mol. The van der Waals surface area contributed by atoms with Gasteiger partial charge in [0, 0.05) is 11.4 Å². The minimum absolute atomic E-state index is 0.0841. The molecule has 6 nitrogen and oxygen atoms in total. The van der Waals surface area contributed by atoms with Gasteiger partial charge in [0.25, 0.3) is 0 Å². The molecule has 1 aromatic rings. The molecule has 0 bridgehead atoms. The van der Waals surface area contributed by atoms with Crippen molar-refractivity contribution >= 4 is 21.5 Å². The number of nitrogens with two attached hydrogens (primary N) is 2. The Labute approximate surface area is 95.2 Å². The molecule has 0 spiro atoms. The molecule has 0 saturated carbocycles. The Bertz CT molecular complexity index is 430. The number of nitrogen functional groups attached to an aromatic ring is 2. The van der Waals surface area contributed by atoms with Crippen molar-refractivity contribution in [2.75, 3.05) is 18.0 Å². The first-order valence-electron chi connectivity index (χ1n) is 4.73. The molecule has 1 aromatic carbocycles. The van der Waals surface area contributed by atoms with E-state index in [4.69, 9.17) is 11.5 Å². The first-order chi connectivity index (χ1) is 7.32. The fourth-order valence-electron chi connectivity index (χ4n) is 0.767. The summed E-state index contributed by atoms with van der Waals surface area (Å²) in [5.41, 5.74) is 14.2. The van der Waals surface area contributed by atoms with Crippen LogP contribution in [0.4, 0.5) is 11.4 Å². The zero-order chi connectivity index (χ0) is 12.8. The van der Waals surface area contributed by atoms with E-state index in [2.05, 4.69) is 12.7 Å². The predicted molar refractivity (Wildman–Crippen MR) is 61.3 cm³/mol. The van der Waals surface area contributed by atoms with Crippen LogP contribution < -0.4 is 17.2 Å². The molecule has 7 heteroatoms. The van der Waals surface area contributed by atoms with Crippen LogP contribution in [0.3, 0.4) is 0 Å². The molecule has 0 fully saturated rings. The molecule has 0 unspecified atom stereocenters. The van der Waals surface area contributed by atoms with Crippen LogP contribution in [-0.4, -0.2) is 19.5 Å². The molecule has 0 radical (unpaired) electrons. The highest BCUT2D eigenvalue weighted by atomic mass is 32.2. The summed E-state index contributed by atoms with van der Waals surface area (Å²) in [4.78, 5) is -0.470. The lowest BCUT2D eigenvalue weighted by molar-refractivity contribution is -0.367. The second kappa shape index (κ2) is 6.31. The zero-order valence-electron chi connectivity index (χ0n) is 9.14. The first kappa shape index (κ1) is 14.7. The van der Waals surface area contributed by atoms with Crippen LogP contribution in [0, 0.1) is 0 Å². The van der Waals surface area contributed by atoms with Gasteiger partial charge in [0.2, 0.25) is 0 Å². The summed E-state index contributed by atoms with van der Waals surface area (Å²) in [5, 5.41) is 0. The van der Waals surface area contributed by atoms with E-state index < -0.39 is 15.0 Å². The molecular weight excluding hydrogens is 230 g/mol. The van der Waals surface area contributed by atoms with E-state index in [1.165, 1.54) is 18.6 Å². The van der Waals surface area contributed by atoms with Gasteiger partial charge in [-0.2, -0.15) is 0 Å². The van der Waals surface area contributed by atoms with Gasteiger partial charge in [-0.15, -0.1) is 0 Å². The van der Waals surface area contributed by atoms with Gasteiger partial charge in [0.05, 0.1) is 11.4 Å². The molecule has 0 aliphatic rings. The minimum Gasteiger partial charge on any atom is -0.744 e. The fourth-order valence-corrected chi connectivity index (χ4v) is 1.40. The first-order valence-corrected chi connectivity index (χ1v) is 6.13. The van der Waals surface area contributed by atoms with E-state index in [9.17, 15) is 13.0 Å². The maximum absolute atomic E-state index is 10.5. The molecule has 0 aliphatic heterocycles. The number of anilines is 2. The highest BCUT2D eigenvalue weighted by Crippen LogP contribution is 2.20. The van der Waals surface area contributed by atoms with Gasteiger partial charge in [-0.25, -0.2) is 8.42 Å². The topological polar surface area (TPSA) is 137 Å². The van der Waals surface area contributed by atoms with E-state index in [0.717, 1.165) is 12.6 Å². The Morgan fingerprint density at radius 3 is 2.19 bits per heavy atom. The Morgan fingerprint density at radius 2 is 1.88 bits per heavy atom. The summed E-state index contributed by atoms with van der Waals surface area (Å²) in [6, 6.07) is 3.74. The van der Waals surface area contributed by atoms with Crippen molar-refractivity contribution in [1.29, 1.82) is 0 Å². The highest BCUT2D eigenvalue weighted by Gasteiger charge is 2.05. The summed E-state index contributed by atoms with van der Waals surface area (Å²) in [7, 11) is -4.51. The van der Waals surface area contributed by atoms with E-state index in [1.807, 2.05) is 0 Å². The van der Waals surface area contributed by atoms with Crippen LogP contribution in [0.5, 0.6) is 0 Å². The third-order valence-electron chi connectivity index (χ3n) is 1.66. The van der Waals surface area contributed by atoms with Gasteiger partial charge in [-0.1, -0.05) is 6.92 Å². The molecule has 0 amide bonds. The summed E-state index contributed by atoms with van der Waals surface area (Å²) >= 11 is 0. The van der Waals surface area contributed by atoms with Crippen LogP contribution in [0.25, 0.3) is 0 Å². The Morgan fingerprint density at radius 1 is 1.38 bits per heavy atom. The zero-order valence-corrected chi connectivity index (χ0v) is 9.96. The van der Waals surface area contributed by atoms with Crippen molar-refractivity contribution in [2.24, 2.45) is 0 Å². The highest BCUT2D eigenvalue weighted by molar-refractivity contribution is 7.86. The van der Waals surface area contributed by atoms with Crippen molar-refractivity contribution in [3.63, 3.8) is 0 Å². The predicted octanol–water partition coefficient (Wildman–Crippen LogP) is -0.607. The van der Waals surface area contributed by atoms with Crippen molar-refractivity contribution in [2.45, 2.75) is 18.2 Å². The normalized spacial score (nSPS) is 10.4. The molecule has 0 aliphatic carbocycles. The molecule has 0 atom stereocenters. The number of rotatable bonds is 2. The third-order valence-corrected chi connectivity index (χ3v) is 2.55. The lowest BCUT2D eigenvalue weighted by Crippen LogP contribution is -2.49. The average Bonchev–Trinajstić information content (AvgIpc) is 2.20. The van der Waals surface area contributed by atoms with E-state index in [0.29, 0.717) is 0 Å². The molecule has 0 heterocycles. The Hall–Kier alpha value is -1.31. The van der Waals surface area contributed by atoms with Crippen molar-refractivity contribution in [1.82, 2.24) is 0 Å². The lowest BCUT2D eigenvalue weighted by atomic mass is 10.3. The van der Waals surface area contributed by atoms with Gasteiger partial charge in [0.15, 0.2) is 0 Å². The van der Waals surface area contributed by atoms with Crippen molar-refractivity contribution < 1.29 is 18.7 Å². The summed E-state index contributed by atoms with van der Waals surface area (Å²) in [5.74, 6) is 0. The second-order valence-electron chi connectivity index (χ2n) is 3.10. The summed E-state index contributed by atoms with van der Waals surface area (Å²) < 4.78 is 31.5. The number of hydrogen-bond donors (Lipinski definition) is 3. The van der Waals surface area contributed by atoms with Crippen LogP contribution >= 0.6 is 0 Å². The molecule has 0 saturated heterocycles. The summed E-state index contributed by atoms with van der Waals surface area (Å²) in [6.45, 7) is 3.19. The Balaban J connectivity index is 0.000000487. The SMILES string of the molecule is CCC[NH3+].Nc1ccc(N)c(S(=O)(=O)[O-])c1. The Kier molecular flexibility index (Phi) is 5.79. The van der Waals surface area contributed by atoms with Gasteiger partial charge in [-0.3, -0.25) is 0 Å². The van der Waals surface area contributed by atoms with E-state index in [-0.39, 0.29) is 11.4 Å². The van der Waals surface area contributed by atoms with Gasteiger partial charge < -0.3 is 21.8 Å². The van der Waals surface area contributed by atoms with Crippen LogP contribution in [-0.2, 0) is 10.1 Å².